The molecule has 1 N–H and O–H groups in total. The highest BCUT2D eigenvalue weighted by molar-refractivity contribution is 6.15. The van der Waals surface area contributed by atoms with Crippen molar-refractivity contribution in [1.82, 2.24) is 14.7 Å². The summed E-state index contributed by atoms with van der Waals surface area (Å²) >= 11 is 0. The van der Waals surface area contributed by atoms with Crippen LogP contribution in [0.5, 0.6) is 0 Å². The monoisotopic (exact) mass is 570 g/mol. The van der Waals surface area contributed by atoms with E-state index in [0.717, 1.165) is 75.6 Å². The van der Waals surface area contributed by atoms with Crippen LogP contribution in [0.15, 0.2) is 52.8 Å². The number of aliphatic imine (C=N–C) groups is 1. The van der Waals surface area contributed by atoms with Crippen LogP contribution in [0, 0.1) is 11.8 Å². The lowest BCUT2D eigenvalue weighted by Gasteiger charge is -2.44. The Morgan fingerprint density at radius 1 is 1.02 bits per heavy atom. The second-order valence-electron chi connectivity index (χ2n) is 12.7. The van der Waals surface area contributed by atoms with Crippen LogP contribution in [0.3, 0.4) is 0 Å². The van der Waals surface area contributed by atoms with E-state index in [2.05, 4.69) is 23.3 Å². The van der Waals surface area contributed by atoms with E-state index in [1.807, 2.05) is 0 Å². The van der Waals surface area contributed by atoms with Crippen LogP contribution in [0.25, 0.3) is 0 Å². The van der Waals surface area contributed by atoms with Gasteiger partial charge in [0.05, 0.1) is 35.1 Å². The molecular formula is C32H41F3N4O2. The fraction of sp³-hybridized carbons (Fsp3) is 0.625. The van der Waals surface area contributed by atoms with Crippen molar-refractivity contribution in [2.24, 2.45) is 16.8 Å². The number of likely N-dealkylation sites (tertiary alicyclic amines) is 3. The number of aliphatic hydroxyl groups excluding tert-OH is 1. The summed E-state index contributed by atoms with van der Waals surface area (Å²) in [4.78, 5) is 25.2. The van der Waals surface area contributed by atoms with E-state index in [-0.39, 0.29) is 30.0 Å². The Morgan fingerprint density at radius 3 is 2.41 bits per heavy atom. The summed E-state index contributed by atoms with van der Waals surface area (Å²) in [6, 6.07) is 5.92. The molecule has 0 bridgehead atoms. The van der Waals surface area contributed by atoms with Crippen molar-refractivity contribution in [2.45, 2.75) is 75.5 Å². The molecule has 222 valence electrons. The smallest absolute Gasteiger partial charge is 0.394 e. The number of piperidine rings is 1. The zero-order valence-electron chi connectivity index (χ0n) is 23.9. The van der Waals surface area contributed by atoms with E-state index < -0.39 is 17.3 Å². The first kappa shape index (κ1) is 28.3. The maximum Gasteiger partial charge on any atom is 0.416 e. The molecule has 6 rings (SSSR count). The summed E-state index contributed by atoms with van der Waals surface area (Å²) in [7, 11) is 0. The Morgan fingerprint density at radius 2 is 1.73 bits per heavy atom. The van der Waals surface area contributed by atoms with Crippen LogP contribution < -0.4 is 0 Å². The number of alkyl halides is 3. The highest BCUT2D eigenvalue weighted by Crippen LogP contribution is 2.52. The normalized spacial score (nSPS) is 29.2. The van der Waals surface area contributed by atoms with Crippen LogP contribution in [-0.4, -0.2) is 82.8 Å². The van der Waals surface area contributed by atoms with Gasteiger partial charge < -0.3 is 19.8 Å². The van der Waals surface area contributed by atoms with Gasteiger partial charge in [0.15, 0.2) is 0 Å². The second-order valence-corrected chi connectivity index (χ2v) is 12.7. The molecule has 1 amide bonds. The van der Waals surface area contributed by atoms with Crippen molar-refractivity contribution in [3.05, 3.63) is 58.9 Å². The van der Waals surface area contributed by atoms with E-state index in [9.17, 15) is 23.1 Å². The van der Waals surface area contributed by atoms with Crippen LogP contribution in [0.4, 0.5) is 13.2 Å². The molecule has 6 nitrogen and oxygen atoms in total. The van der Waals surface area contributed by atoms with E-state index in [1.54, 1.807) is 23.2 Å². The lowest BCUT2D eigenvalue weighted by Crippen LogP contribution is -2.46. The molecule has 5 aliphatic rings. The molecular weight excluding hydrogens is 529 g/mol. The van der Waals surface area contributed by atoms with Gasteiger partial charge in [-0.1, -0.05) is 24.8 Å². The molecule has 9 heteroatoms. The molecule has 0 spiro atoms. The van der Waals surface area contributed by atoms with E-state index in [4.69, 9.17) is 4.99 Å². The number of amides is 1. The van der Waals surface area contributed by atoms with Crippen LogP contribution >= 0.6 is 0 Å². The number of hydrogen-bond donors (Lipinski definition) is 1. The molecule has 4 fully saturated rings. The summed E-state index contributed by atoms with van der Waals surface area (Å²) < 4.78 is 41.0. The Balaban J connectivity index is 1.16. The minimum Gasteiger partial charge on any atom is -0.394 e. The minimum atomic E-state index is -4.41. The Labute approximate surface area is 240 Å². The molecule has 4 heterocycles. The quantitative estimate of drug-likeness (QED) is 0.489. The van der Waals surface area contributed by atoms with Gasteiger partial charge in [0.1, 0.15) is 0 Å². The number of benzene rings is 1. The topological polar surface area (TPSA) is 59.4 Å². The molecule has 3 saturated heterocycles. The molecule has 4 aliphatic heterocycles. The summed E-state index contributed by atoms with van der Waals surface area (Å²) in [5.74, 6) is 1.26. The number of carbonyl (C=O) groups is 1. The largest absolute Gasteiger partial charge is 0.416 e. The van der Waals surface area contributed by atoms with Gasteiger partial charge in [0.2, 0.25) is 0 Å². The minimum absolute atomic E-state index is 0.0822. The van der Waals surface area contributed by atoms with Crippen LogP contribution in [-0.2, 0) is 11.0 Å². The van der Waals surface area contributed by atoms with Crippen molar-refractivity contribution in [3.63, 3.8) is 0 Å². The van der Waals surface area contributed by atoms with Crippen molar-refractivity contribution in [2.75, 3.05) is 39.3 Å². The lowest BCUT2D eigenvalue weighted by atomic mass is 9.73. The van der Waals surface area contributed by atoms with Crippen LogP contribution in [0.2, 0.25) is 0 Å². The average Bonchev–Trinajstić information content (AvgIpc) is 3.35. The fourth-order valence-corrected chi connectivity index (χ4v) is 7.84. The van der Waals surface area contributed by atoms with Gasteiger partial charge >= 0.3 is 6.18 Å². The predicted molar refractivity (Wildman–Crippen MR) is 152 cm³/mol. The Bertz CT molecular complexity index is 1250. The maximum atomic E-state index is 13.9. The first-order valence-corrected chi connectivity index (χ1v) is 15.2. The van der Waals surface area contributed by atoms with Crippen molar-refractivity contribution < 1.29 is 23.1 Å². The summed E-state index contributed by atoms with van der Waals surface area (Å²) in [5, 5.41) is 9.76. The van der Waals surface area contributed by atoms with E-state index in [0.29, 0.717) is 36.9 Å². The average molecular weight is 571 g/mol. The molecule has 0 radical (unpaired) electrons. The third-order valence-corrected chi connectivity index (χ3v) is 10.3. The first-order valence-electron chi connectivity index (χ1n) is 15.2. The number of halogens is 3. The second kappa shape index (κ2) is 10.8. The van der Waals surface area contributed by atoms with E-state index in [1.165, 1.54) is 6.07 Å². The summed E-state index contributed by atoms with van der Waals surface area (Å²) in [6.45, 7) is 10.1. The summed E-state index contributed by atoms with van der Waals surface area (Å²) in [6.07, 6.45) is 3.96. The third-order valence-electron chi connectivity index (χ3n) is 10.3. The Hall–Kier alpha value is -2.81. The van der Waals surface area contributed by atoms with Crippen molar-refractivity contribution in [3.8, 4) is 0 Å². The fourth-order valence-electron chi connectivity index (χ4n) is 7.84. The number of hydrogen-bond acceptors (Lipinski definition) is 5. The lowest BCUT2D eigenvalue weighted by molar-refractivity contribution is -0.138. The summed E-state index contributed by atoms with van der Waals surface area (Å²) in [5.41, 5.74) is 1.08. The highest BCUT2D eigenvalue weighted by Gasteiger charge is 2.50. The molecule has 0 aromatic heterocycles. The van der Waals surface area contributed by atoms with Crippen molar-refractivity contribution in [1.29, 1.82) is 0 Å². The molecule has 41 heavy (non-hydrogen) atoms. The van der Waals surface area contributed by atoms with Gasteiger partial charge in [-0.25, -0.2) is 0 Å². The number of rotatable bonds is 7. The van der Waals surface area contributed by atoms with Gasteiger partial charge in [-0.2, -0.15) is 13.2 Å². The van der Waals surface area contributed by atoms with Gasteiger partial charge in [-0.3, -0.25) is 9.79 Å². The first-order chi connectivity index (χ1) is 19.6. The van der Waals surface area contributed by atoms with Crippen molar-refractivity contribution >= 4 is 12.1 Å². The van der Waals surface area contributed by atoms with Crippen LogP contribution in [0.1, 0.15) is 68.9 Å². The zero-order valence-corrected chi connectivity index (χ0v) is 23.9. The number of nitrogens with zero attached hydrogens (tertiary/aromatic N) is 4. The maximum absolute atomic E-state index is 13.9. The zero-order chi connectivity index (χ0) is 28.9. The number of aliphatic hydroxyl groups is 1. The standard InChI is InChI=1S/C32H41F3N4O2/c1-21(39-14-5-6-25(39)20-40)37-16-12-24(13-17-37)31(2)29(22-9-10-22)27(18-36-31)30(41)38-15-11-23(19-38)26-7-3-4-8-28(26)32(33,34)35/h3-4,7-8,18,22-25,40H,1,5-6,9-17,19-20H2,2H3/t23-,25+,31-/m1/s1. The van der Waals surface area contributed by atoms with Gasteiger partial charge in [0.25, 0.3) is 5.91 Å². The molecule has 3 atom stereocenters. The highest BCUT2D eigenvalue weighted by atomic mass is 19.4. The van der Waals surface area contributed by atoms with E-state index >= 15 is 0 Å². The molecule has 1 aromatic rings. The Kier molecular flexibility index (Phi) is 7.45. The predicted octanol–water partition coefficient (Wildman–Crippen LogP) is 5.21. The molecule has 1 saturated carbocycles. The van der Waals surface area contributed by atoms with Gasteiger partial charge in [-0.05, 0) is 80.9 Å². The number of carbonyl (C=O) groups excluding carboxylic acids is 1. The molecule has 1 aromatic carbocycles. The SMILES string of the molecule is C=C(N1CCC([C@@]2(C)N=CC(C(=O)N3CC[C@@H](c4ccccc4C(F)(F)F)C3)=C2C2CC2)CC1)N1CCC[C@H]1CO. The van der Waals surface area contributed by atoms with Gasteiger partial charge in [-0.15, -0.1) is 0 Å². The molecule has 1 aliphatic carbocycles. The molecule has 0 unspecified atom stereocenters. The third kappa shape index (κ3) is 5.19. The van der Waals surface area contributed by atoms with Gasteiger partial charge in [0, 0.05) is 44.9 Å².